The summed E-state index contributed by atoms with van der Waals surface area (Å²) in [5.41, 5.74) is -0.603. The number of nitriles is 1. The third-order valence-electron chi connectivity index (χ3n) is 4.88. The number of esters is 1. The molecule has 8 heteroatoms. The molecule has 0 aliphatic heterocycles. The molecule has 1 aliphatic carbocycles. The van der Waals surface area contributed by atoms with E-state index in [-0.39, 0.29) is 12.5 Å². The lowest BCUT2D eigenvalue weighted by Gasteiger charge is -2.22. The second-order valence-electron chi connectivity index (χ2n) is 7.42. The van der Waals surface area contributed by atoms with Gasteiger partial charge in [-0.3, -0.25) is 14.4 Å². The maximum atomic E-state index is 12.2. The average molecular weight is 421 g/mol. The molecule has 2 aromatic rings. The largest absolute Gasteiger partial charge is 0.457 e. The van der Waals surface area contributed by atoms with Gasteiger partial charge in [-0.1, -0.05) is 18.2 Å². The second-order valence-corrected chi connectivity index (χ2v) is 7.42. The van der Waals surface area contributed by atoms with Gasteiger partial charge in [-0.05, 0) is 62.1 Å². The minimum absolute atomic E-state index is 0.126. The zero-order valence-electron chi connectivity index (χ0n) is 17.1. The molecule has 0 unspecified atom stereocenters. The number of carbonyl (C=O) groups excluding carboxylic acids is 3. The average Bonchev–Trinajstić information content (AvgIpc) is 3.63. The molecule has 8 nitrogen and oxygen atoms in total. The van der Waals surface area contributed by atoms with Crippen LogP contribution in [0.25, 0.3) is 0 Å². The van der Waals surface area contributed by atoms with Crippen molar-refractivity contribution in [1.82, 2.24) is 10.6 Å². The Kier molecular flexibility index (Phi) is 6.88. The molecule has 1 aliphatic rings. The third-order valence-corrected chi connectivity index (χ3v) is 4.88. The standard InChI is InChI=1S/C23H23N3O5/c1-23(15-24,17-9-10-17)26-20(27)14-30-21(28)13-25-22(29)16-7-11-19(12-8-16)31-18-5-3-2-4-6-18/h2-8,11-12,17H,9-10,13-14H2,1H3,(H,25,29)(H,26,27)/t23-/m1/s1. The summed E-state index contributed by atoms with van der Waals surface area (Å²) in [7, 11) is 0. The van der Waals surface area contributed by atoms with E-state index < -0.39 is 29.9 Å². The highest BCUT2D eigenvalue weighted by molar-refractivity contribution is 5.96. The van der Waals surface area contributed by atoms with Crippen molar-refractivity contribution in [2.45, 2.75) is 25.3 Å². The Labute approximate surface area is 180 Å². The molecule has 1 fully saturated rings. The fourth-order valence-corrected chi connectivity index (χ4v) is 2.96. The molecule has 0 radical (unpaired) electrons. The van der Waals surface area contributed by atoms with Gasteiger partial charge in [0.05, 0.1) is 6.07 Å². The van der Waals surface area contributed by atoms with Gasteiger partial charge < -0.3 is 20.1 Å². The number of nitrogens with zero attached hydrogens (tertiary/aromatic N) is 1. The van der Waals surface area contributed by atoms with Gasteiger partial charge in [-0.25, -0.2) is 0 Å². The molecule has 31 heavy (non-hydrogen) atoms. The fourth-order valence-electron chi connectivity index (χ4n) is 2.96. The zero-order valence-corrected chi connectivity index (χ0v) is 17.1. The summed E-state index contributed by atoms with van der Waals surface area (Å²) in [4.78, 5) is 35.9. The summed E-state index contributed by atoms with van der Waals surface area (Å²) in [5.74, 6) is -0.385. The van der Waals surface area contributed by atoms with Gasteiger partial charge in [0, 0.05) is 5.56 Å². The van der Waals surface area contributed by atoms with Crippen molar-refractivity contribution < 1.29 is 23.9 Å². The van der Waals surface area contributed by atoms with Crippen LogP contribution in [-0.2, 0) is 14.3 Å². The van der Waals surface area contributed by atoms with Crippen LogP contribution in [0.15, 0.2) is 54.6 Å². The van der Waals surface area contributed by atoms with Gasteiger partial charge in [0.25, 0.3) is 11.8 Å². The highest BCUT2D eigenvalue weighted by atomic mass is 16.5. The summed E-state index contributed by atoms with van der Waals surface area (Å²) in [6, 6.07) is 17.8. The van der Waals surface area contributed by atoms with E-state index in [1.54, 1.807) is 31.2 Å². The van der Waals surface area contributed by atoms with Gasteiger partial charge in [0.2, 0.25) is 0 Å². The van der Waals surface area contributed by atoms with Crippen molar-refractivity contribution >= 4 is 17.8 Å². The van der Waals surface area contributed by atoms with E-state index in [2.05, 4.69) is 16.7 Å². The van der Waals surface area contributed by atoms with E-state index in [4.69, 9.17) is 9.47 Å². The molecule has 1 atom stereocenters. The molecule has 1 saturated carbocycles. The summed E-state index contributed by atoms with van der Waals surface area (Å²) in [6.45, 7) is 0.761. The number of rotatable bonds is 9. The van der Waals surface area contributed by atoms with Crippen molar-refractivity contribution in [3.63, 3.8) is 0 Å². The number of ether oxygens (including phenoxy) is 2. The molecular weight excluding hydrogens is 398 g/mol. The van der Waals surface area contributed by atoms with E-state index >= 15 is 0 Å². The number of nitrogens with one attached hydrogen (secondary N) is 2. The molecule has 0 heterocycles. The summed E-state index contributed by atoms with van der Waals surface area (Å²) < 4.78 is 10.5. The highest BCUT2D eigenvalue weighted by Crippen LogP contribution is 2.39. The normalized spacial score (nSPS) is 14.5. The van der Waals surface area contributed by atoms with Crippen LogP contribution >= 0.6 is 0 Å². The van der Waals surface area contributed by atoms with E-state index in [0.29, 0.717) is 17.1 Å². The van der Waals surface area contributed by atoms with Crippen LogP contribution in [0.2, 0.25) is 0 Å². The fraction of sp³-hybridized carbons (Fsp3) is 0.304. The SMILES string of the molecule is C[C@](C#N)(NC(=O)COC(=O)CNC(=O)c1ccc(Oc2ccccc2)cc1)C1CC1. The second kappa shape index (κ2) is 9.76. The molecule has 0 saturated heterocycles. The van der Waals surface area contributed by atoms with Gasteiger partial charge >= 0.3 is 5.97 Å². The van der Waals surface area contributed by atoms with Crippen LogP contribution in [-0.4, -0.2) is 36.5 Å². The van der Waals surface area contributed by atoms with Crippen molar-refractivity contribution in [2.75, 3.05) is 13.2 Å². The van der Waals surface area contributed by atoms with E-state index in [1.807, 2.05) is 30.3 Å². The molecule has 2 aromatic carbocycles. The summed E-state index contributed by atoms with van der Waals surface area (Å²) >= 11 is 0. The Morgan fingerprint density at radius 3 is 2.32 bits per heavy atom. The molecule has 160 valence electrons. The Bertz CT molecular complexity index is 981. The number of para-hydroxylation sites is 1. The number of carbonyl (C=O) groups is 3. The topological polar surface area (TPSA) is 118 Å². The smallest absolute Gasteiger partial charge is 0.325 e. The number of hydrogen-bond donors (Lipinski definition) is 2. The Morgan fingerprint density at radius 1 is 1.06 bits per heavy atom. The molecule has 3 rings (SSSR count). The lowest BCUT2D eigenvalue weighted by molar-refractivity contribution is -0.147. The Morgan fingerprint density at radius 2 is 1.71 bits per heavy atom. The highest BCUT2D eigenvalue weighted by Gasteiger charge is 2.43. The molecule has 2 amide bonds. The molecule has 2 N–H and O–H groups in total. The Balaban J connectivity index is 1.40. The van der Waals surface area contributed by atoms with Crippen molar-refractivity contribution in [1.29, 1.82) is 5.26 Å². The van der Waals surface area contributed by atoms with Crippen LogP contribution < -0.4 is 15.4 Å². The van der Waals surface area contributed by atoms with Gasteiger partial charge in [0.15, 0.2) is 6.61 Å². The first-order chi connectivity index (χ1) is 14.9. The molecular formula is C23H23N3O5. The van der Waals surface area contributed by atoms with E-state index in [1.165, 1.54) is 0 Å². The quantitative estimate of drug-likeness (QED) is 0.601. The Hall–Kier alpha value is -3.86. The van der Waals surface area contributed by atoms with Crippen LogP contribution in [0.3, 0.4) is 0 Å². The van der Waals surface area contributed by atoms with Crippen molar-refractivity contribution in [3.05, 3.63) is 60.2 Å². The predicted molar refractivity (Wildman–Crippen MR) is 111 cm³/mol. The third kappa shape index (κ3) is 6.31. The maximum Gasteiger partial charge on any atom is 0.325 e. The lowest BCUT2D eigenvalue weighted by atomic mass is 9.98. The number of benzene rings is 2. The van der Waals surface area contributed by atoms with Gasteiger partial charge in [-0.2, -0.15) is 5.26 Å². The van der Waals surface area contributed by atoms with Crippen LogP contribution in [0.1, 0.15) is 30.1 Å². The maximum absolute atomic E-state index is 12.2. The summed E-state index contributed by atoms with van der Waals surface area (Å²) in [6.07, 6.45) is 1.77. The minimum Gasteiger partial charge on any atom is -0.457 e. The zero-order chi connectivity index (χ0) is 22.3. The van der Waals surface area contributed by atoms with Gasteiger partial charge in [-0.15, -0.1) is 0 Å². The van der Waals surface area contributed by atoms with E-state index in [0.717, 1.165) is 12.8 Å². The molecule has 0 spiro atoms. The first-order valence-corrected chi connectivity index (χ1v) is 9.88. The lowest BCUT2D eigenvalue weighted by Crippen LogP contribution is -2.48. The van der Waals surface area contributed by atoms with E-state index in [9.17, 15) is 19.6 Å². The number of hydrogen-bond acceptors (Lipinski definition) is 6. The van der Waals surface area contributed by atoms with Crippen LogP contribution in [0, 0.1) is 17.2 Å². The molecule has 0 aromatic heterocycles. The first-order valence-electron chi connectivity index (χ1n) is 9.88. The van der Waals surface area contributed by atoms with Crippen LogP contribution in [0.4, 0.5) is 0 Å². The molecule has 0 bridgehead atoms. The van der Waals surface area contributed by atoms with Gasteiger partial charge in [0.1, 0.15) is 23.6 Å². The summed E-state index contributed by atoms with van der Waals surface area (Å²) in [5, 5.41) is 14.3. The number of amides is 2. The van der Waals surface area contributed by atoms with Crippen molar-refractivity contribution in [3.8, 4) is 17.6 Å². The first kappa shape index (κ1) is 21.8. The predicted octanol–water partition coefficient (Wildman–Crippen LogP) is 2.56. The van der Waals surface area contributed by atoms with Crippen molar-refractivity contribution in [2.24, 2.45) is 5.92 Å². The van der Waals surface area contributed by atoms with Crippen LogP contribution in [0.5, 0.6) is 11.5 Å². The minimum atomic E-state index is -0.950. The monoisotopic (exact) mass is 421 g/mol.